The normalized spacial score (nSPS) is 18.9. The molecule has 2 rings (SSSR count). The van der Waals surface area contributed by atoms with Crippen molar-refractivity contribution in [3.05, 3.63) is 29.3 Å². The van der Waals surface area contributed by atoms with Gasteiger partial charge in [-0.25, -0.2) is 4.99 Å². The Kier molecular flexibility index (Phi) is 6.14. The highest BCUT2D eigenvalue weighted by molar-refractivity contribution is 6.30. The van der Waals surface area contributed by atoms with Crippen molar-refractivity contribution >= 4 is 17.6 Å². The number of halogens is 1. The Morgan fingerprint density at radius 3 is 3.10 bits per heavy atom. The molecule has 1 atom stereocenters. The molecule has 0 aromatic heterocycles. The van der Waals surface area contributed by atoms with E-state index in [1.807, 2.05) is 25.1 Å². The van der Waals surface area contributed by atoms with Gasteiger partial charge in [-0.2, -0.15) is 0 Å². The number of benzene rings is 1. The number of ether oxygens (including phenoxy) is 1. The van der Waals surface area contributed by atoms with Gasteiger partial charge in [0, 0.05) is 24.7 Å². The fourth-order valence-corrected chi connectivity index (χ4v) is 2.41. The van der Waals surface area contributed by atoms with Crippen LogP contribution >= 0.6 is 11.6 Å². The third kappa shape index (κ3) is 5.10. The van der Waals surface area contributed by atoms with Crippen LogP contribution in [-0.2, 0) is 0 Å². The van der Waals surface area contributed by atoms with E-state index in [0.29, 0.717) is 24.7 Å². The zero-order chi connectivity index (χ0) is 15.1. The number of aliphatic imine (C=N–C) groups is 1. The number of hydrogen-bond acceptors (Lipinski definition) is 3. The fraction of sp³-hybridized carbons (Fsp3) is 0.533. The lowest BCUT2D eigenvalue weighted by molar-refractivity contribution is 0.187. The van der Waals surface area contributed by atoms with Crippen molar-refractivity contribution in [3.63, 3.8) is 0 Å². The lowest BCUT2D eigenvalue weighted by atomic mass is 10.3. The van der Waals surface area contributed by atoms with Crippen LogP contribution in [-0.4, -0.2) is 54.9 Å². The average Bonchev–Trinajstić information content (AvgIpc) is 2.89. The van der Waals surface area contributed by atoms with Gasteiger partial charge in [0.2, 0.25) is 0 Å². The number of rotatable bonds is 5. The number of nitrogens with one attached hydrogen (secondary N) is 1. The number of nitrogens with zero attached hydrogens (tertiary/aromatic N) is 2. The Hall–Kier alpha value is -1.46. The van der Waals surface area contributed by atoms with Gasteiger partial charge in [-0.05, 0) is 31.5 Å². The van der Waals surface area contributed by atoms with E-state index in [-0.39, 0.29) is 6.10 Å². The molecule has 1 aliphatic heterocycles. The highest BCUT2D eigenvalue weighted by Gasteiger charge is 2.22. The summed E-state index contributed by atoms with van der Waals surface area (Å²) in [6.45, 7) is 5.36. The summed E-state index contributed by atoms with van der Waals surface area (Å²) >= 11 is 5.90. The van der Waals surface area contributed by atoms with Crippen molar-refractivity contribution in [2.45, 2.75) is 19.4 Å². The molecule has 0 bridgehead atoms. The Morgan fingerprint density at radius 2 is 2.43 bits per heavy atom. The van der Waals surface area contributed by atoms with Crippen LogP contribution in [0.1, 0.15) is 13.3 Å². The number of aliphatic hydroxyl groups is 1. The summed E-state index contributed by atoms with van der Waals surface area (Å²) in [5.41, 5.74) is 0. The predicted octanol–water partition coefficient (Wildman–Crippen LogP) is 1.75. The van der Waals surface area contributed by atoms with E-state index in [9.17, 15) is 5.11 Å². The van der Waals surface area contributed by atoms with Gasteiger partial charge in [-0.15, -0.1) is 0 Å². The SMILES string of the molecule is CCNC(=NCCOc1cccc(Cl)c1)N1CC[C@@H](O)C1. The number of β-amino-alcohol motifs (C(OH)–C–C–N with tert-alkyl or cyclic N) is 1. The van der Waals surface area contributed by atoms with Gasteiger partial charge in [0.1, 0.15) is 12.4 Å². The topological polar surface area (TPSA) is 57.1 Å². The van der Waals surface area contributed by atoms with Gasteiger partial charge in [0.05, 0.1) is 12.6 Å². The molecule has 6 heteroatoms. The minimum Gasteiger partial charge on any atom is -0.492 e. The van der Waals surface area contributed by atoms with Crippen LogP contribution < -0.4 is 10.1 Å². The second-order valence-electron chi connectivity index (χ2n) is 4.93. The molecule has 21 heavy (non-hydrogen) atoms. The van der Waals surface area contributed by atoms with Crippen molar-refractivity contribution in [2.75, 3.05) is 32.8 Å². The summed E-state index contributed by atoms with van der Waals surface area (Å²) in [7, 11) is 0. The van der Waals surface area contributed by atoms with E-state index in [1.165, 1.54) is 0 Å². The molecule has 0 saturated carbocycles. The Balaban J connectivity index is 1.82. The minimum atomic E-state index is -0.253. The molecular weight excluding hydrogens is 290 g/mol. The van der Waals surface area contributed by atoms with E-state index in [1.54, 1.807) is 6.07 Å². The monoisotopic (exact) mass is 311 g/mol. The average molecular weight is 312 g/mol. The van der Waals surface area contributed by atoms with Crippen molar-refractivity contribution in [1.29, 1.82) is 0 Å². The zero-order valence-electron chi connectivity index (χ0n) is 12.3. The van der Waals surface area contributed by atoms with Gasteiger partial charge in [0.15, 0.2) is 5.96 Å². The molecule has 0 radical (unpaired) electrons. The molecule has 116 valence electrons. The van der Waals surface area contributed by atoms with Gasteiger partial charge in [-0.1, -0.05) is 17.7 Å². The number of likely N-dealkylation sites (tertiary alicyclic amines) is 1. The van der Waals surface area contributed by atoms with Crippen molar-refractivity contribution in [1.82, 2.24) is 10.2 Å². The maximum atomic E-state index is 9.60. The first-order chi connectivity index (χ1) is 10.2. The van der Waals surface area contributed by atoms with Crippen LogP contribution in [0, 0.1) is 0 Å². The van der Waals surface area contributed by atoms with E-state index in [2.05, 4.69) is 15.2 Å². The van der Waals surface area contributed by atoms with Crippen LogP contribution in [0.4, 0.5) is 0 Å². The molecule has 1 saturated heterocycles. The van der Waals surface area contributed by atoms with E-state index >= 15 is 0 Å². The molecule has 2 N–H and O–H groups in total. The van der Waals surface area contributed by atoms with E-state index < -0.39 is 0 Å². The third-order valence-corrected chi connectivity index (χ3v) is 3.45. The summed E-state index contributed by atoms with van der Waals surface area (Å²) in [6, 6.07) is 7.33. The van der Waals surface area contributed by atoms with Crippen molar-refractivity contribution in [2.24, 2.45) is 4.99 Å². The Labute approximate surface area is 130 Å². The minimum absolute atomic E-state index is 0.253. The Morgan fingerprint density at radius 1 is 1.57 bits per heavy atom. The highest BCUT2D eigenvalue weighted by atomic mass is 35.5. The summed E-state index contributed by atoms with van der Waals surface area (Å²) in [5.74, 6) is 1.59. The quantitative estimate of drug-likeness (QED) is 0.494. The molecule has 1 aromatic rings. The van der Waals surface area contributed by atoms with Crippen LogP contribution in [0.25, 0.3) is 0 Å². The van der Waals surface area contributed by atoms with E-state index in [4.69, 9.17) is 16.3 Å². The number of hydrogen-bond donors (Lipinski definition) is 2. The second kappa shape index (κ2) is 8.10. The summed E-state index contributed by atoms with van der Waals surface area (Å²) in [4.78, 5) is 6.61. The first-order valence-electron chi connectivity index (χ1n) is 7.28. The molecular formula is C15H22ClN3O2. The molecule has 0 amide bonds. The predicted molar refractivity (Wildman–Crippen MR) is 85.1 cm³/mol. The highest BCUT2D eigenvalue weighted by Crippen LogP contribution is 2.16. The van der Waals surface area contributed by atoms with Gasteiger partial charge in [0.25, 0.3) is 0 Å². The maximum Gasteiger partial charge on any atom is 0.194 e. The molecule has 1 heterocycles. The smallest absolute Gasteiger partial charge is 0.194 e. The zero-order valence-corrected chi connectivity index (χ0v) is 13.0. The third-order valence-electron chi connectivity index (χ3n) is 3.22. The first-order valence-corrected chi connectivity index (χ1v) is 7.66. The molecule has 1 aliphatic rings. The second-order valence-corrected chi connectivity index (χ2v) is 5.37. The molecule has 1 fully saturated rings. The lowest BCUT2D eigenvalue weighted by Crippen LogP contribution is -2.40. The van der Waals surface area contributed by atoms with Crippen LogP contribution in [0.2, 0.25) is 5.02 Å². The van der Waals surface area contributed by atoms with Crippen LogP contribution in [0.5, 0.6) is 5.75 Å². The number of guanidine groups is 1. The summed E-state index contributed by atoms with van der Waals surface area (Å²) in [5, 5.41) is 13.5. The molecule has 1 aromatic carbocycles. The van der Waals surface area contributed by atoms with Crippen molar-refractivity contribution in [3.8, 4) is 5.75 Å². The molecule has 0 spiro atoms. The lowest BCUT2D eigenvalue weighted by Gasteiger charge is -2.20. The summed E-state index contributed by atoms with van der Waals surface area (Å²) < 4.78 is 5.61. The standard InChI is InChI=1S/C15H22ClN3O2/c1-2-17-15(19-8-6-13(20)11-19)18-7-9-21-14-5-3-4-12(16)10-14/h3-5,10,13,20H,2,6-9,11H2,1H3,(H,17,18)/t13-/m1/s1. The Bertz CT molecular complexity index is 482. The molecule has 0 unspecified atom stereocenters. The van der Waals surface area contributed by atoms with Gasteiger partial charge in [-0.3, -0.25) is 0 Å². The maximum absolute atomic E-state index is 9.60. The summed E-state index contributed by atoms with van der Waals surface area (Å²) in [6.07, 6.45) is 0.542. The molecule has 5 nitrogen and oxygen atoms in total. The van der Waals surface area contributed by atoms with Gasteiger partial charge >= 0.3 is 0 Å². The first kappa shape index (κ1) is 15.9. The molecule has 0 aliphatic carbocycles. The number of aliphatic hydroxyl groups excluding tert-OH is 1. The fourth-order valence-electron chi connectivity index (χ4n) is 2.23. The van der Waals surface area contributed by atoms with Crippen LogP contribution in [0.15, 0.2) is 29.3 Å². The van der Waals surface area contributed by atoms with Crippen molar-refractivity contribution < 1.29 is 9.84 Å². The largest absolute Gasteiger partial charge is 0.492 e. The van der Waals surface area contributed by atoms with Crippen LogP contribution in [0.3, 0.4) is 0 Å². The van der Waals surface area contributed by atoms with E-state index in [0.717, 1.165) is 31.2 Å². The van der Waals surface area contributed by atoms with Gasteiger partial charge < -0.3 is 20.1 Å².